The van der Waals surface area contributed by atoms with Crippen LogP contribution in [0.25, 0.3) is 126 Å². The summed E-state index contributed by atoms with van der Waals surface area (Å²) in [6, 6.07) is 59.5. The zero-order valence-electron chi connectivity index (χ0n) is 29.3. The summed E-state index contributed by atoms with van der Waals surface area (Å²) in [4.78, 5) is 11.2. The van der Waals surface area contributed by atoms with Gasteiger partial charge in [0, 0.05) is 59.7 Å². The summed E-state index contributed by atoms with van der Waals surface area (Å²) in [6.07, 6.45) is 0. The summed E-state index contributed by atoms with van der Waals surface area (Å²) in [7, 11) is 0. The van der Waals surface area contributed by atoms with E-state index in [0.29, 0.717) is 0 Å². The molecule has 0 atom stereocenters. The number of rotatable bonds is 2. The van der Waals surface area contributed by atoms with Gasteiger partial charge in [0.2, 0.25) is 0 Å². The van der Waals surface area contributed by atoms with E-state index in [1.165, 1.54) is 81.8 Å². The van der Waals surface area contributed by atoms with Gasteiger partial charge in [-0.1, -0.05) is 133 Å². The standard InChI is InChI=1S/C50H27N5/c1-2-12-30(13-3-1)53-41-22-7-6-15-33(41)40-27-29(24-26-42(40)53)32-16-8-17-34-35-18-9-20-38-43-50(55(46(32)34)47(35)38)52-44-39-21-10-19-36-37-25-23-28-11-4-5-14-31(28)45(37)54(48(36)39)49(44)51-43/h1-27H. The number of nitrogens with zero attached hydrogens (tertiary/aromatic N) is 5. The topological polar surface area (TPSA) is 39.5 Å². The predicted molar refractivity (Wildman–Crippen MR) is 229 cm³/mol. The van der Waals surface area contributed by atoms with Crippen molar-refractivity contribution in [1.82, 2.24) is 23.3 Å². The Morgan fingerprint density at radius 3 is 1.65 bits per heavy atom. The van der Waals surface area contributed by atoms with Gasteiger partial charge in [-0.2, -0.15) is 0 Å². The Bertz CT molecular complexity index is 3940. The fourth-order valence-electron chi connectivity index (χ4n) is 10.1. The van der Waals surface area contributed by atoms with E-state index >= 15 is 0 Å². The molecule has 0 N–H and O–H groups in total. The van der Waals surface area contributed by atoms with Crippen molar-refractivity contribution in [1.29, 1.82) is 0 Å². The lowest BCUT2D eigenvalue weighted by molar-refractivity contribution is 1.18. The van der Waals surface area contributed by atoms with E-state index < -0.39 is 0 Å². The van der Waals surface area contributed by atoms with E-state index in [-0.39, 0.29) is 0 Å². The largest absolute Gasteiger partial charge is 0.309 e. The molecule has 8 aromatic carbocycles. The Labute approximate surface area is 312 Å². The van der Waals surface area contributed by atoms with Crippen LogP contribution in [0.2, 0.25) is 0 Å². The van der Waals surface area contributed by atoms with Crippen LogP contribution in [-0.4, -0.2) is 23.3 Å². The number of para-hydroxylation sites is 5. The lowest BCUT2D eigenvalue weighted by Crippen LogP contribution is -1.93. The van der Waals surface area contributed by atoms with Crippen LogP contribution >= 0.6 is 0 Å². The highest BCUT2D eigenvalue weighted by Gasteiger charge is 2.26. The van der Waals surface area contributed by atoms with Gasteiger partial charge < -0.3 is 4.57 Å². The molecule has 0 unspecified atom stereocenters. The van der Waals surface area contributed by atoms with Crippen molar-refractivity contribution in [2.75, 3.05) is 0 Å². The van der Waals surface area contributed by atoms with Crippen LogP contribution in [0.1, 0.15) is 0 Å². The third-order valence-electron chi connectivity index (χ3n) is 12.3. The first kappa shape index (κ1) is 28.1. The maximum absolute atomic E-state index is 5.63. The Balaban J connectivity index is 1.11. The normalized spacial score (nSPS) is 12.7. The summed E-state index contributed by atoms with van der Waals surface area (Å²) >= 11 is 0. The molecule has 6 heterocycles. The maximum atomic E-state index is 5.63. The first-order valence-corrected chi connectivity index (χ1v) is 18.9. The minimum Gasteiger partial charge on any atom is -0.309 e. The Kier molecular flexibility index (Phi) is 4.96. The number of aromatic nitrogens is 5. The highest BCUT2D eigenvalue weighted by molar-refractivity contribution is 6.28. The van der Waals surface area contributed by atoms with Gasteiger partial charge >= 0.3 is 0 Å². The first-order chi connectivity index (χ1) is 27.3. The Morgan fingerprint density at radius 1 is 0.345 bits per heavy atom. The molecule has 0 spiro atoms. The summed E-state index contributed by atoms with van der Waals surface area (Å²) < 4.78 is 7.15. The zero-order chi connectivity index (χ0) is 35.5. The van der Waals surface area contributed by atoms with E-state index in [9.17, 15) is 0 Å². The van der Waals surface area contributed by atoms with Gasteiger partial charge in [-0.3, -0.25) is 8.80 Å². The molecule has 0 amide bonds. The van der Waals surface area contributed by atoms with Gasteiger partial charge in [-0.05, 0) is 41.3 Å². The Hall–Kier alpha value is -7.50. The minimum absolute atomic E-state index is 0.895. The van der Waals surface area contributed by atoms with Crippen LogP contribution in [0.5, 0.6) is 0 Å². The van der Waals surface area contributed by atoms with Crippen LogP contribution in [0.15, 0.2) is 164 Å². The summed E-state index contributed by atoms with van der Waals surface area (Å²) in [5.41, 5.74) is 14.3. The number of fused-ring (bicyclic) bond motifs is 17. The molecule has 0 fully saturated rings. The number of hydrogen-bond acceptors (Lipinski definition) is 2. The molecule has 0 aliphatic heterocycles. The molecule has 0 aliphatic rings. The van der Waals surface area contributed by atoms with Crippen LogP contribution < -0.4 is 0 Å². The first-order valence-electron chi connectivity index (χ1n) is 18.9. The van der Waals surface area contributed by atoms with Crippen molar-refractivity contribution in [3.05, 3.63) is 164 Å². The van der Waals surface area contributed by atoms with Crippen molar-refractivity contribution in [3.8, 4) is 16.8 Å². The average Bonchev–Trinajstić information content (AvgIpc) is 4.03. The molecule has 0 aliphatic carbocycles. The van der Waals surface area contributed by atoms with Crippen LogP contribution in [0.3, 0.4) is 0 Å². The van der Waals surface area contributed by atoms with Gasteiger partial charge in [-0.15, -0.1) is 0 Å². The smallest absolute Gasteiger partial charge is 0.165 e. The van der Waals surface area contributed by atoms with Crippen molar-refractivity contribution in [3.63, 3.8) is 0 Å². The SMILES string of the molecule is c1ccc(-n2c3ccccc3c3cc(-c4cccc5c6cccc7c8nc9c(nc8n(c45)c67)c4cccc5c6ccc7ccccc7c6n9c54)ccc32)cc1. The van der Waals surface area contributed by atoms with Crippen molar-refractivity contribution < 1.29 is 0 Å². The predicted octanol–water partition coefficient (Wildman–Crippen LogP) is 12.7. The van der Waals surface area contributed by atoms with E-state index in [0.717, 1.165) is 44.3 Å². The quantitative estimate of drug-likeness (QED) is 0.180. The van der Waals surface area contributed by atoms with E-state index in [1.54, 1.807) is 0 Å². The highest BCUT2D eigenvalue weighted by Crippen LogP contribution is 2.45. The molecule has 14 aromatic rings. The lowest BCUT2D eigenvalue weighted by Gasteiger charge is -2.09. The molecule has 55 heavy (non-hydrogen) atoms. The van der Waals surface area contributed by atoms with E-state index in [1.807, 2.05) is 0 Å². The zero-order valence-corrected chi connectivity index (χ0v) is 29.3. The third kappa shape index (κ3) is 3.32. The van der Waals surface area contributed by atoms with Gasteiger partial charge in [0.05, 0.1) is 33.1 Å². The fraction of sp³-hybridized carbons (Fsp3) is 0. The van der Waals surface area contributed by atoms with E-state index in [4.69, 9.17) is 9.97 Å². The van der Waals surface area contributed by atoms with Gasteiger partial charge in [0.15, 0.2) is 11.3 Å². The summed E-state index contributed by atoms with van der Waals surface area (Å²) in [5, 5.41) is 12.1. The molecular weight excluding hydrogens is 671 g/mol. The van der Waals surface area contributed by atoms with Crippen molar-refractivity contribution in [2.45, 2.75) is 0 Å². The molecule has 0 bridgehead atoms. The minimum atomic E-state index is 0.895. The van der Waals surface area contributed by atoms with Gasteiger partial charge in [0.1, 0.15) is 11.0 Å². The van der Waals surface area contributed by atoms with E-state index in [2.05, 4.69) is 177 Å². The molecule has 0 saturated heterocycles. The average molecular weight is 698 g/mol. The van der Waals surface area contributed by atoms with Crippen molar-refractivity contribution in [2.24, 2.45) is 0 Å². The van der Waals surface area contributed by atoms with Gasteiger partial charge in [-0.25, -0.2) is 9.97 Å². The second-order valence-electron chi connectivity index (χ2n) is 14.9. The van der Waals surface area contributed by atoms with Gasteiger partial charge in [0.25, 0.3) is 0 Å². The van der Waals surface area contributed by atoms with Crippen LogP contribution in [0.4, 0.5) is 0 Å². The summed E-state index contributed by atoms with van der Waals surface area (Å²) in [6.45, 7) is 0. The third-order valence-corrected chi connectivity index (χ3v) is 12.3. The fourth-order valence-corrected chi connectivity index (χ4v) is 10.1. The van der Waals surface area contributed by atoms with Crippen molar-refractivity contribution >= 4 is 109 Å². The molecule has 0 radical (unpaired) electrons. The summed E-state index contributed by atoms with van der Waals surface area (Å²) in [5.74, 6) is 0. The Morgan fingerprint density at radius 2 is 0.891 bits per heavy atom. The number of hydrogen-bond donors (Lipinski definition) is 0. The molecule has 0 saturated carbocycles. The second kappa shape index (κ2) is 9.72. The highest BCUT2D eigenvalue weighted by atomic mass is 15.1. The molecular formula is C50H27N5. The number of benzene rings is 8. The van der Waals surface area contributed by atoms with Crippen LogP contribution in [-0.2, 0) is 0 Å². The lowest BCUT2D eigenvalue weighted by atomic mass is 9.99. The molecule has 5 nitrogen and oxygen atoms in total. The molecule has 252 valence electrons. The maximum Gasteiger partial charge on any atom is 0.165 e. The molecule has 6 aromatic heterocycles. The van der Waals surface area contributed by atoms with Crippen LogP contribution in [0, 0.1) is 0 Å². The molecule has 14 rings (SSSR count). The molecule has 5 heteroatoms. The second-order valence-corrected chi connectivity index (χ2v) is 14.9. The monoisotopic (exact) mass is 697 g/mol.